The van der Waals surface area contributed by atoms with Gasteiger partial charge in [-0.05, 0) is 30.9 Å². The molecule has 3 nitrogen and oxygen atoms in total. The van der Waals surface area contributed by atoms with E-state index < -0.39 is 0 Å². The number of rotatable bonds is 5. The van der Waals surface area contributed by atoms with Crippen molar-refractivity contribution in [2.24, 2.45) is 0 Å². The van der Waals surface area contributed by atoms with Gasteiger partial charge >= 0.3 is 0 Å². The van der Waals surface area contributed by atoms with E-state index in [1.54, 1.807) is 11.3 Å². The van der Waals surface area contributed by atoms with E-state index in [-0.39, 0.29) is 0 Å². The lowest BCUT2D eigenvalue weighted by Gasteiger charge is -2.14. The number of H-pyrrole nitrogens is 1. The molecule has 0 spiro atoms. The summed E-state index contributed by atoms with van der Waals surface area (Å²) < 4.78 is 0. The number of nitrogens with zero attached hydrogens (tertiary/aromatic N) is 1. The van der Waals surface area contributed by atoms with Gasteiger partial charge in [-0.25, -0.2) is 0 Å². The molecule has 108 valence electrons. The lowest BCUT2D eigenvalue weighted by atomic mass is 10.1. The summed E-state index contributed by atoms with van der Waals surface area (Å²) in [5.41, 5.74) is 4.92. The van der Waals surface area contributed by atoms with Crippen LogP contribution in [-0.4, -0.2) is 10.2 Å². The Morgan fingerprint density at radius 3 is 2.76 bits per heavy atom. The van der Waals surface area contributed by atoms with E-state index in [1.165, 1.54) is 21.6 Å². The van der Waals surface area contributed by atoms with Crippen molar-refractivity contribution >= 4 is 11.3 Å². The molecule has 0 saturated heterocycles. The van der Waals surface area contributed by atoms with Crippen LogP contribution in [0.3, 0.4) is 0 Å². The molecule has 0 fully saturated rings. The fourth-order valence-electron chi connectivity index (χ4n) is 2.32. The van der Waals surface area contributed by atoms with Crippen molar-refractivity contribution in [1.82, 2.24) is 15.5 Å². The van der Waals surface area contributed by atoms with Gasteiger partial charge in [0.05, 0.1) is 16.8 Å². The Balaban J connectivity index is 1.68. The first-order chi connectivity index (χ1) is 10.2. The molecule has 0 unspecified atom stereocenters. The minimum atomic E-state index is 0.316. The van der Waals surface area contributed by atoms with Crippen LogP contribution < -0.4 is 5.32 Å². The minimum absolute atomic E-state index is 0.316. The number of aromatic nitrogens is 2. The van der Waals surface area contributed by atoms with Gasteiger partial charge in [0.1, 0.15) is 0 Å². The van der Waals surface area contributed by atoms with Gasteiger partial charge in [0.15, 0.2) is 0 Å². The smallest absolute Gasteiger partial charge is 0.0794 e. The average molecular weight is 297 g/mol. The quantitative estimate of drug-likeness (QED) is 0.737. The third-order valence-electron chi connectivity index (χ3n) is 3.66. The standard InChI is InChI=1S/C17H19N3S/c1-12-5-7-14(8-6-12)13(2)18-10-15-11-19-20-17(15)16-4-3-9-21-16/h3-9,11,13,18H,10H2,1-2H3,(H,19,20)/t13-/m1/s1. The van der Waals surface area contributed by atoms with Gasteiger partial charge in [0.25, 0.3) is 0 Å². The number of nitrogens with one attached hydrogen (secondary N) is 2. The molecule has 1 atom stereocenters. The fraction of sp³-hybridized carbons (Fsp3) is 0.235. The van der Waals surface area contributed by atoms with Crippen LogP contribution in [0, 0.1) is 6.92 Å². The van der Waals surface area contributed by atoms with Crippen molar-refractivity contribution in [1.29, 1.82) is 0 Å². The van der Waals surface area contributed by atoms with Crippen LogP contribution in [0.4, 0.5) is 0 Å². The zero-order chi connectivity index (χ0) is 14.7. The van der Waals surface area contributed by atoms with Crippen molar-refractivity contribution in [2.75, 3.05) is 0 Å². The van der Waals surface area contributed by atoms with E-state index in [1.807, 2.05) is 6.20 Å². The highest BCUT2D eigenvalue weighted by molar-refractivity contribution is 7.13. The van der Waals surface area contributed by atoms with Gasteiger partial charge in [-0.3, -0.25) is 5.10 Å². The molecular formula is C17H19N3S. The predicted octanol–water partition coefficient (Wildman–Crippen LogP) is 4.30. The second kappa shape index (κ2) is 6.24. The minimum Gasteiger partial charge on any atom is -0.306 e. The number of aromatic amines is 1. The molecule has 3 rings (SSSR count). The molecule has 4 heteroatoms. The van der Waals surface area contributed by atoms with Gasteiger partial charge in [0, 0.05) is 18.2 Å². The Labute approximate surface area is 129 Å². The molecule has 1 aromatic carbocycles. The normalized spacial score (nSPS) is 12.5. The number of hydrogen-bond donors (Lipinski definition) is 2. The van der Waals surface area contributed by atoms with E-state index >= 15 is 0 Å². The lowest BCUT2D eigenvalue weighted by Crippen LogP contribution is -2.18. The number of hydrogen-bond acceptors (Lipinski definition) is 3. The molecule has 21 heavy (non-hydrogen) atoms. The largest absolute Gasteiger partial charge is 0.306 e. The Morgan fingerprint density at radius 1 is 1.24 bits per heavy atom. The highest BCUT2D eigenvalue weighted by atomic mass is 32.1. The number of thiophene rings is 1. The predicted molar refractivity (Wildman–Crippen MR) is 88.3 cm³/mol. The average Bonchev–Trinajstić information content (AvgIpc) is 3.16. The Hall–Kier alpha value is -1.91. The summed E-state index contributed by atoms with van der Waals surface area (Å²) in [6.45, 7) is 5.11. The monoisotopic (exact) mass is 297 g/mol. The van der Waals surface area contributed by atoms with E-state index in [4.69, 9.17) is 0 Å². The molecule has 2 N–H and O–H groups in total. The van der Waals surface area contributed by atoms with Crippen LogP contribution in [0.1, 0.15) is 29.7 Å². The molecule has 2 heterocycles. The molecule has 0 saturated carbocycles. The zero-order valence-corrected chi connectivity index (χ0v) is 13.1. The van der Waals surface area contributed by atoms with E-state index in [2.05, 4.69) is 71.1 Å². The van der Waals surface area contributed by atoms with Crippen molar-refractivity contribution in [2.45, 2.75) is 26.4 Å². The van der Waals surface area contributed by atoms with E-state index in [0.29, 0.717) is 6.04 Å². The van der Waals surface area contributed by atoms with E-state index in [9.17, 15) is 0 Å². The second-order valence-corrected chi connectivity index (χ2v) is 6.21. The second-order valence-electron chi connectivity index (χ2n) is 5.26. The molecular weight excluding hydrogens is 278 g/mol. The molecule has 2 aromatic heterocycles. The van der Waals surface area contributed by atoms with Gasteiger partial charge in [0.2, 0.25) is 0 Å². The van der Waals surface area contributed by atoms with Crippen LogP contribution in [0.5, 0.6) is 0 Å². The van der Waals surface area contributed by atoms with Crippen molar-refractivity contribution < 1.29 is 0 Å². The molecule has 0 aliphatic carbocycles. The highest BCUT2D eigenvalue weighted by Gasteiger charge is 2.10. The van der Waals surface area contributed by atoms with Crippen molar-refractivity contribution in [3.63, 3.8) is 0 Å². The molecule has 0 amide bonds. The molecule has 0 aliphatic heterocycles. The maximum atomic E-state index is 4.18. The Kier molecular flexibility index (Phi) is 4.18. The summed E-state index contributed by atoms with van der Waals surface area (Å²) in [5, 5.41) is 12.9. The fourth-order valence-corrected chi connectivity index (χ4v) is 3.07. The lowest BCUT2D eigenvalue weighted by molar-refractivity contribution is 0.575. The van der Waals surface area contributed by atoms with Gasteiger partial charge < -0.3 is 5.32 Å². The molecule has 3 aromatic rings. The Morgan fingerprint density at radius 2 is 2.05 bits per heavy atom. The van der Waals surface area contributed by atoms with E-state index in [0.717, 1.165) is 12.2 Å². The topological polar surface area (TPSA) is 40.7 Å². The Bertz CT molecular complexity index is 683. The van der Waals surface area contributed by atoms with Crippen molar-refractivity contribution in [3.05, 3.63) is 64.7 Å². The maximum absolute atomic E-state index is 4.18. The zero-order valence-electron chi connectivity index (χ0n) is 12.3. The first-order valence-electron chi connectivity index (χ1n) is 7.10. The van der Waals surface area contributed by atoms with Gasteiger partial charge in [-0.2, -0.15) is 5.10 Å². The van der Waals surface area contributed by atoms with Crippen LogP contribution in [0.15, 0.2) is 48.0 Å². The molecule has 0 radical (unpaired) electrons. The van der Waals surface area contributed by atoms with Gasteiger partial charge in [-0.15, -0.1) is 11.3 Å². The molecule has 0 aliphatic rings. The first kappa shape index (κ1) is 14.0. The summed E-state index contributed by atoms with van der Waals surface area (Å²) in [4.78, 5) is 1.23. The first-order valence-corrected chi connectivity index (χ1v) is 7.98. The third kappa shape index (κ3) is 3.23. The van der Waals surface area contributed by atoms with Crippen LogP contribution in [-0.2, 0) is 6.54 Å². The van der Waals surface area contributed by atoms with Crippen LogP contribution in [0.2, 0.25) is 0 Å². The van der Waals surface area contributed by atoms with Crippen LogP contribution in [0.25, 0.3) is 10.6 Å². The van der Waals surface area contributed by atoms with Crippen molar-refractivity contribution in [3.8, 4) is 10.6 Å². The molecule has 0 bridgehead atoms. The van der Waals surface area contributed by atoms with Crippen LogP contribution >= 0.6 is 11.3 Å². The SMILES string of the molecule is Cc1ccc([C@@H](C)NCc2cn[nH]c2-c2cccs2)cc1. The number of aryl methyl sites for hydroxylation is 1. The summed E-state index contributed by atoms with van der Waals surface area (Å²) in [6, 6.07) is 13.2. The number of benzene rings is 1. The summed E-state index contributed by atoms with van der Waals surface area (Å²) in [5.74, 6) is 0. The summed E-state index contributed by atoms with van der Waals surface area (Å²) >= 11 is 1.73. The third-order valence-corrected chi connectivity index (χ3v) is 4.55. The highest BCUT2D eigenvalue weighted by Crippen LogP contribution is 2.26. The summed E-state index contributed by atoms with van der Waals surface area (Å²) in [7, 11) is 0. The summed E-state index contributed by atoms with van der Waals surface area (Å²) in [6.07, 6.45) is 1.91. The maximum Gasteiger partial charge on any atom is 0.0794 e. The van der Waals surface area contributed by atoms with Gasteiger partial charge in [-0.1, -0.05) is 35.9 Å².